The van der Waals surface area contributed by atoms with Crippen LogP contribution < -0.4 is 5.32 Å². The topological polar surface area (TPSA) is 53.6 Å². The fraction of sp³-hybridized carbons (Fsp3) is 0.600. The highest BCUT2D eigenvalue weighted by Gasteiger charge is 2.08. The Bertz CT molecular complexity index is 286. The molecule has 0 saturated carbocycles. The van der Waals surface area contributed by atoms with E-state index in [0.29, 0.717) is 0 Å². The van der Waals surface area contributed by atoms with Gasteiger partial charge in [0.1, 0.15) is 0 Å². The van der Waals surface area contributed by atoms with E-state index in [-0.39, 0.29) is 12.1 Å². The lowest BCUT2D eigenvalue weighted by Gasteiger charge is -2.17. The second-order valence-corrected chi connectivity index (χ2v) is 3.42. The zero-order valence-corrected chi connectivity index (χ0v) is 8.64. The smallest absolute Gasteiger partial charge is 0.0952 e. The highest BCUT2D eigenvalue weighted by atomic mass is 15.1. The lowest BCUT2D eigenvalue weighted by Crippen LogP contribution is -2.37. The van der Waals surface area contributed by atoms with Crippen molar-refractivity contribution in [3.8, 4) is 6.07 Å². The lowest BCUT2D eigenvalue weighted by atomic mass is 10.2. The molecule has 2 unspecified atom stereocenters. The molecule has 4 nitrogen and oxygen atoms in total. The van der Waals surface area contributed by atoms with Crippen LogP contribution in [0.25, 0.3) is 0 Å². The fourth-order valence-electron chi connectivity index (χ4n) is 1.35. The van der Waals surface area contributed by atoms with Crippen molar-refractivity contribution in [2.24, 2.45) is 0 Å². The molecular formula is C10H16N4. The predicted octanol–water partition coefficient (Wildman–Crippen LogP) is 1.16. The number of nitrogens with zero attached hydrogens (tertiary/aromatic N) is 3. The van der Waals surface area contributed by atoms with Gasteiger partial charge >= 0.3 is 0 Å². The average molecular weight is 192 g/mol. The van der Waals surface area contributed by atoms with E-state index in [9.17, 15) is 0 Å². The van der Waals surface area contributed by atoms with E-state index in [4.69, 9.17) is 5.26 Å². The van der Waals surface area contributed by atoms with Crippen LogP contribution in [0.2, 0.25) is 0 Å². The van der Waals surface area contributed by atoms with Crippen molar-refractivity contribution < 1.29 is 0 Å². The summed E-state index contributed by atoms with van der Waals surface area (Å²) in [7, 11) is 0. The van der Waals surface area contributed by atoms with Crippen LogP contribution in [0.4, 0.5) is 0 Å². The van der Waals surface area contributed by atoms with Gasteiger partial charge in [0.15, 0.2) is 0 Å². The third kappa shape index (κ3) is 3.19. The molecule has 0 radical (unpaired) electrons. The maximum absolute atomic E-state index is 8.77. The quantitative estimate of drug-likeness (QED) is 0.761. The Hall–Kier alpha value is -1.34. The van der Waals surface area contributed by atoms with Crippen molar-refractivity contribution in [2.45, 2.75) is 38.9 Å². The minimum Gasteiger partial charge on any atom is -0.336 e. The average Bonchev–Trinajstić information content (AvgIpc) is 2.66. The molecule has 0 aliphatic rings. The summed E-state index contributed by atoms with van der Waals surface area (Å²) < 4.78 is 2.00. The molecule has 0 aliphatic carbocycles. The van der Waals surface area contributed by atoms with Crippen molar-refractivity contribution >= 4 is 0 Å². The molecule has 1 aromatic rings. The van der Waals surface area contributed by atoms with Crippen molar-refractivity contribution in [1.29, 1.82) is 5.26 Å². The van der Waals surface area contributed by atoms with Gasteiger partial charge in [-0.05, 0) is 13.3 Å². The first-order chi connectivity index (χ1) is 6.76. The van der Waals surface area contributed by atoms with E-state index in [1.165, 1.54) is 0 Å². The molecule has 1 aromatic heterocycles. The van der Waals surface area contributed by atoms with Crippen LogP contribution >= 0.6 is 0 Å². The molecule has 1 rings (SSSR count). The Balaban J connectivity index is 2.36. The van der Waals surface area contributed by atoms with Gasteiger partial charge in [-0.15, -0.1) is 0 Å². The van der Waals surface area contributed by atoms with Crippen LogP contribution in [0, 0.1) is 11.3 Å². The summed E-state index contributed by atoms with van der Waals surface area (Å²) in [6.45, 7) is 4.92. The Morgan fingerprint density at radius 1 is 1.64 bits per heavy atom. The molecule has 2 atom stereocenters. The third-order valence-corrected chi connectivity index (χ3v) is 2.09. The Kier molecular flexibility index (Phi) is 4.14. The monoisotopic (exact) mass is 192 g/mol. The number of aromatic nitrogens is 2. The summed E-state index contributed by atoms with van der Waals surface area (Å²) in [6.07, 6.45) is 6.30. The van der Waals surface area contributed by atoms with Gasteiger partial charge in [0.2, 0.25) is 0 Å². The van der Waals surface area contributed by atoms with Crippen LogP contribution in [-0.4, -0.2) is 21.6 Å². The Morgan fingerprint density at radius 3 is 2.93 bits per heavy atom. The first kappa shape index (κ1) is 10.7. The van der Waals surface area contributed by atoms with E-state index >= 15 is 0 Å². The number of imidazole rings is 1. The molecule has 0 aromatic carbocycles. The van der Waals surface area contributed by atoms with Crippen molar-refractivity contribution in [2.75, 3.05) is 0 Å². The lowest BCUT2D eigenvalue weighted by molar-refractivity contribution is 0.441. The second kappa shape index (κ2) is 5.40. The molecule has 0 spiro atoms. The predicted molar refractivity (Wildman–Crippen MR) is 54.5 cm³/mol. The zero-order valence-electron chi connectivity index (χ0n) is 8.64. The summed E-state index contributed by atoms with van der Waals surface area (Å²) in [5.74, 6) is 0. The minimum atomic E-state index is -0.0477. The number of nitrogens with one attached hydrogen (secondary N) is 1. The molecule has 0 amide bonds. The van der Waals surface area contributed by atoms with Crippen molar-refractivity contribution in [3.05, 3.63) is 18.7 Å². The van der Waals surface area contributed by atoms with Gasteiger partial charge in [0.05, 0.1) is 18.4 Å². The fourth-order valence-corrected chi connectivity index (χ4v) is 1.35. The van der Waals surface area contributed by atoms with Gasteiger partial charge in [-0.3, -0.25) is 5.32 Å². The highest BCUT2D eigenvalue weighted by Crippen LogP contribution is 1.95. The van der Waals surface area contributed by atoms with E-state index in [1.807, 2.05) is 17.7 Å². The molecule has 0 bridgehead atoms. The third-order valence-electron chi connectivity index (χ3n) is 2.09. The van der Waals surface area contributed by atoms with Crippen LogP contribution in [0.3, 0.4) is 0 Å². The second-order valence-electron chi connectivity index (χ2n) is 3.42. The molecule has 1 N–H and O–H groups in total. The minimum absolute atomic E-state index is 0.0477. The number of hydrogen-bond donors (Lipinski definition) is 1. The summed E-state index contributed by atoms with van der Waals surface area (Å²) in [5, 5.41) is 12.0. The van der Waals surface area contributed by atoms with E-state index in [2.05, 4.69) is 23.3 Å². The van der Waals surface area contributed by atoms with Gasteiger partial charge < -0.3 is 4.57 Å². The summed E-state index contributed by atoms with van der Waals surface area (Å²) in [6, 6.07) is 2.46. The first-order valence-corrected chi connectivity index (χ1v) is 4.87. The van der Waals surface area contributed by atoms with Crippen molar-refractivity contribution in [3.63, 3.8) is 0 Å². The summed E-state index contributed by atoms with van der Waals surface area (Å²) in [5.41, 5.74) is 0. The summed E-state index contributed by atoms with van der Waals surface area (Å²) in [4.78, 5) is 3.96. The molecular weight excluding hydrogens is 176 g/mol. The van der Waals surface area contributed by atoms with Gasteiger partial charge in [-0.1, -0.05) is 6.92 Å². The number of hydrogen-bond acceptors (Lipinski definition) is 3. The summed E-state index contributed by atoms with van der Waals surface area (Å²) >= 11 is 0. The van der Waals surface area contributed by atoms with E-state index in [0.717, 1.165) is 13.0 Å². The molecule has 14 heavy (non-hydrogen) atoms. The normalized spacial score (nSPS) is 14.6. The highest BCUT2D eigenvalue weighted by molar-refractivity contribution is 4.90. The Morgan fingerprint density at radius 2 is 2.43 bits per heavy atom. The molecule has 0 fully saturated rings. The maximum atomic E-state index is 8.77. The molecule has 0 aliphatic heterocycles. The van der Waals surface area contributed by atoms with Crippen LogP contribution in [0.5, 0.6) is 0 Å². The molecule has 4 heteroatoms. The SMILES string of the molecule is CCC(C#N)NC(C)Cn1ccnc1. The van der Waals surface area contributed by atoms with Crippen LogP contribution in [0.1, 0.15) is 20.3 Å². The molecule has 1 heterocycles. The van der Waals surface area contributed by atoms with Gasteiger partial charge in [-0.25, -0.2) is 4.98 Å². The largest absolute Gasteiger partial charge is 0.336 e. The van der Waals surface area contributed by atoms with E-state index < -0.39 is 0 Å². The molecule has 0 saturated heterocycles. The van der Waals surface area contributed by atoms with Crippen LogP contribution in [0.15, 0.2) is 18.7 Å². The van der Waals surface area contributed by atoms with E-state index in [1.54, 1.807) is 12.5 Å². The van der Waals surface area contributed by atoms with Crippen LogP contribution in [-0.2, 0) is 6.54 Å². The van der Waals surface area contributed by atoms with Gasteiger partial charge in [-0.2, -0.15) is 5.26 Å². The number of rotatable bonds is 5. The van der Waals surface area contributed by atoms with Gasteiger partial charge in [0, 0.05) is 25.0 Å². The molecule has 76 valence electrons. The Labute approximate surface area is 84.6 Å². The first-order valence-electron chi connectivity index (χ1n) is 4.87. The maximum Gasteiger partial charge on any atom is 0.0952 e. The standard InChI is InChI=1S/C10H16N4/c1-3-10(6-11)13-9(2)7-14-5-4-12-8-14/h4-5,8-10,13H,3,7H2,1-2H3. The number of nitriles is 1. The zero-order chi connectivity index (χ0) is 10.4. The van der Waals surface area contributed by atoms with Gasteiger partial charge in [0.25, 0.3) is 0 Å². The van der Waals surface area contributed by atoms with Crippen molar-refractivity contribution in [1.82, 2.24) is 14.9 Å².